The number of aliphatic carboxylic acids is 1. The van der Waals surface area contributed by atoms with Crippen molar-refractivity contribution in [1.82, 2.24) is 9.80 Å². The Morgan fingerprint density at radius 2 is 2.00 bits per heavy atom. The average Bonchev–Trinajstić information content (AvgIpc) is 2.86. The molecule has 1 aliphatic rings. The fourth-order valence-electron chi connectivity index (χ4n) is 2.36. The molecule has 0 spiro atoms. The Kier molecular flexibility index (Phi) is 6.42. The van der Waals surface area contributed by atoms with Crippen LogP contribution in [0.2, 0.25) is 0 Å². The molecule has 0 radical (unpaired) electrons. The SMILES string of the molecule is CCCN(CC(=O)N(C)C(C)C)C1COCC1C(=O)O. The summed E-state index contributed by atoms with van der Waals surface area (Å²) < 4.78 is 5.30. The van der Waals surface area contributed by atoms with Gasteiger partial charge in [-0.3, -0.25) is 14.5 Å². The van der Waals surface area contributed by atoms with Crippen LogP contribution in [0.3, 0.4) is 0 Å². The predicted molar refractivity (Wildman–Crippen MR) is 75.5 cm³/mol. The first-order chi connectivity index (χ1) is 9.38. The topological polar surface area (TPSA) is 70.1 Å². The average molecular weight is 286 g/mol. The van der Waals surface area contributed by atoms with Gasteiger partial charge in [0.25, 0.3) is 0 Å². The monoisotopic (exact) mass is 286 g/mol. The molecular weight excluding hydrogens is 260 g/mol. The number of carboxylic acids is 1. The lowest BCUT2D eigenvalue weighted by atomic mass is 10.0. The molecule has 116 valence electrons. The van der Waals surface area contributed by atoms with Crippen LogP contribution in [0.1, 0.15) is 27.2 Å². The van der Waals surface area contributed by atoms with Gasteiger partial charge in [0.15, 0.2) is 0 Å². The Morgan fingerprint density at radius 1 is 1.35 bits per heavy atom. The predicted octanol–water partition coefficient (Wildman–Crippen LogP) is 0.665. The lowest BCUT2D eigenvalue weighted by Crippen LogP contribution is -2.49. The van der Waals surface area contributed by atoms with Crippen molar-refractivity contribution < 1.29 is 19.4 Å². The third kappa shape index (κ3) is 4.18. The van der Waals surface area contributed by atoms with Gasteiger partial charge < -0.3 is 14.7 Å². The number of nitrogens with zero attached hydrogens (tertiary/aromatic N) is 2. The highest BCUT2D eigenvalue weighted by Gasteiger charge is 2.38. The van der Waals surface area contributed by atoms with E-state index in [0.717, 1.165) is 6.42 Å². The number of ether oxygens (including phenoxy) is 1. The van der Waals surface area contributed by atoms with Crippen LogP contribution >= 0.6 is 0 Å². The molecule has 0 aromatic heterocycles. The van der Waals surface area contributed by atoms with E-state index in [-0.39, 0.29) is 31.1 Å². The molecule has 2 atom stereocenters. The van der Waals surface area contributed by atoms with Crippen LogP contribution < -0.4 is 0 Å². The maximum absolute atomic E-state index is 12.2. The molecule has 0 aromatic rings. The van der Waals surface area contributed by atoms with Crippen molar-refractivity contribution >= 4 is 11.9 Å². The molecule has 1 rings (SSSR count). The fourth-order valence-corrected chi connectivity index (χ4v) is 2.36. The maximum atomic E-state index is 12.2. The van der Waals surface area contributed by atoms with Crippen LogP contribution in [0.5, 0.6) is 0 Å². The van der Waals surface area contributed by atoms with Gasteiger partial charge in [-0.2, -0.15) is 0 Å². The summed E-state index contributed by atoms with van der Waals surface area (Å²) in [5, 5.41) is 9.23. The maximum Gasteiger partial charge on any atom is 0.310 e. The van der Waals surface area contributed by atoms with Crippen molar-refractivity contribution in [2.75, 3.05) is 33.4 Å². The number of likely N-dealkylation sites (N-methyl/N-ethyl adjacent to an activating group) is 1. The van der Waals surface area contributed by atoms with Crippen LogP contribution in [0.4, 0.5) is 0 Å². The Hall–Kier alpha value is -1.14. The quantitative estimate of drug-likeness (QED) is 0.744. The summed E-state index contributed by atoms with van der Waals surface area (Å²) in [6.45, 7) is 7.51. The molecule has 0 saturated carbocycles. The van der Waals surface area contributed by atoms with Crippen molar-refractivity contribution in [2.45, 2.75) is 39.3 Å². The molecule has 1 amide bonds. The first-order valence-corrected chi connectivity index (χ1v) is 7.18. The molecule has 1 saturated heterocycles. The van der Waals surface area contributed by atoms with Crippen molar-refractivity contribution in [1.29, 1.82) is 0 Å². The number of amides is 1. The van der Waals surface area contributed by atoms with Crippen LogP contribution in [0, 0.1) is 5.92 Å². The largest absolute Gasteiger partial charge is 0.481 e. The molecule has 2 unspecified atom stereocenters. The summed E-state index contributed by atoms with van der Waals surface area (Å²) in [5.41, 5.74) is 0. The second-order valence-corrected chi connectivity index (χ2v) is 5.62. The van der Waals surface area contributed by atoms with E-state index in [1.54, 1.807) is 11.9 Å². The number of carbonyl (C=O) groups excluding carboxylic acids is 1. The van der Waals surface area contributed by atoms with E-state index in [4.69, 9.17) is 4.74 Å². The third-order valence-corrected chi connectivity index (χ3v) is 3.85. The van der Waals surface area contributed by atoms with Gasteiger partial charge in [-0.05, 0) is 26.8 Å². The highest BCUT2D eigenvalue weighted by molar-refractivity contribution is 5.78. The minimum Gasteiger partial charge on any atom is -0.481 e. The zero-order chi connectivity index (χ0) is 15.3. The van der Waals surface area contributed by atoms with Crippen LogP contribution in [-0.2, 0) is 14.3 Å². The molecule has 0 bridgehead atoms. The Balaban J connectivity index is 2.73. The standard InChI is InChI=1S/C14H26N2O4/c1-5-6-16(7-13(17)15(4)10(2)3)12-9-20-8-11(12)14(18)19/h10-12H,5-9H2,1-4H3,(H,18,19). The summed E-state index contributed by atoms with van der Waals surface area (Å²) in [5.74, 6) is -1.37. The Labute approximate surface area is 120 Å². The number of hydrogen-bond donors (Lipinski definition) is 1. The zero-order valence-electron chi connectivity index (χ0n) is 12.8. The molecule has 1 N–H and O–H groups in total. The van der Waals surface area contributed by atoms with Crippen molar-refractivity contribution in [3.05, 3.63) is 0 Å². The van der Waals surface area contributed by atoms with Gasteiger partial charge in [0.1, 0.15) is 0 Å². The summed E-state index contributed by atoms with van der Waals surface area (Å²) >= 11 is 0. The van der Waals surface area contributed by atoms with E-state index in [9.17, 15) is 14.7 Å². The Bertz CT molecular complexity index is 346. The van der Waals surface area contributed by atoms with Gasteiger partial charge >= 0.3 is 5.97 Å². The molecule has 0 aliphatic carbocycles. The molecule has 6 heteroatoms. The summed E-state index contributed by atoms with van der Waals surface area (Å²) in [6, 6.07) is -0.0713. The minimum atomic E-state index is -0.849. The summed E-state index contributed by atoms with van der Waals surface area (Å²) in [4.78, 5) is 27.1. The number of carboxylic acid groups (broad SMARTS) is 1. The number of carbonyl (C=O) groups is 2. The molecule has 1 heterocycles. The lowest BCUT2D eigenvalue weighted by molar-refractivity contribution is -0.144. The van der Waals surface area contributed by atoms with Crippen LogP contribution in [0.15, 0.2) is 0 Å². The van der Waals surface area contributed by atoms with E-state index in [2.05, 4.69) is 0 Å². The summed E-state index contributed by atoms with van der Waals surface area (Å²) in [7, 11) is 1.77. The van der Waals surface area contributed by atoms with E-state index < -0.39 is 11.9 Å². The number of hydrogen-bond acceptors (Lipinski definition) is 4. The van der Waals surface area contributed by atoms with Crippen LogP contribution in [-0.4, -0.2) is 72.2 Å². The van der Waals surface area contributed by atoms with E-state index in [1.807, 2.05) is 25.7 Å². The molecule has 1 aliphatic heterocycles. The molecule has 6 nitrogen and oxygen atoms in total. The van der Waals surface area contributed by atoms with Crippen molar-refractivity contribution in [2.24, 2.45) is 5.92 Å². The third-order valence-electron chi connectivity index (χ3n) is 3.85. The van der Waals surface area contributed by atoms with Gasteiger partial charge in [0.2, 0.25) is 5.91 Å². The van der Waals surface area contributed by atoms with E-state index in [0.29, 0.717) is 13.2 Å². The lowest BCUT2D eigenvalue weighted by Gasteiger charge is -2.32. The summed E-state index contributed by atoms with van der Waals surface area (Å²) in [6.07, 6.45) is 0.876. The molecule has 0 aromatic carbocycles. The van der Waals surface area contributed by atoms with Crippen LogP contribution in [0.25, 0.3) is 0 Å². The smallest absolute Gasteiger partial charge is 0.310 e. The van der Waals surface area contributed by atoms with E-state index in [1.165, 1.54) is 0 Å². The van der Waals surface area contributed by atoms with Gasteiger partial charge in [-0.1, -0.05) is 6.92 Å². The second kappa shape index (κ2) is 7.59. The van der Waals surface area contributed by atoms with Gasteiger partial charge in [-0.25, -0.2) is 0 Å². The highest BCUT2D eigenvalue weighted by atomic mass is 16.5. The van der Waals surface area contributed by atoms with E-state index >= 15 is 0 Å². The molecular formula is C14H26N2O4. The van der Waals surface area contributed by atoms with Gasteiger partial charge in [0.05, 0.1) is 25.7 Å². The van der Waals surface area contributed by atoms with Gasteiger partial charge in [0, 0.05) is 19.1 Å². The van der Waals surface area contributed by atoms with Gasteiger partial charge in [-0.15, -0.1) is 0 Å². The van der Waals surface area contributed by atoms with Crippen molar-refractivity contribution in [3.8, 4) is 0 Å². The molecule has 20 heavy (non-hydrogen) atoms. The number of rotatable bonds is 7. The molecule has 1 fully saturated rings. The fraction of sp³-hybridized carbons (Fsp3) is 0.857. The zero-order valence-corrected chi connectivity index (χ0v) is 12.8. The first kappa shape index (κ1) is 16.9. The first-order valence-electron chi connectivity index (χ1n) is 7.18. The van der Waals surface area contributed by atoms with Crippen molar-refractivity contribution in [3.63, 3.8) is 0 Å². The second-order valence-electron chi connectivity index (χ2n) is 5.62. The normalized spacial score (nSPS) is 22.5. The minimum absolute atomic E-state index is 0.0180. The Morgan fingerprint density at radius 3 is 2.50 bits per heavy atom. The highest BCUT2D eigenvalue weighted by Crippen LogP contribution is 2.20.